The van der Waals surface area contributed by atoms with Crippen LogP contribution >= 0.6 is 0 Å². The van der Waals surface area contributed by atoms with Crippen LogP contribution in [-0.4, -0.2) is 47.6 Å². The smallest absolute Gasteiger partial charge is 0.303 e. The number of nitrogens with one attached hydrogen (secondary N) is 1. The Kier molecular flexibility index (Phi) is 7.54. The Morgan fingerprint density at radius 1 is 1.31 bits per heavy atom. The van der Waals surface area contributed by atoms with Gasteiger partial charge in [0.25, 0.3) is 0 Å². The normalized spacial score (nSPS) is 10.8. The minimum atomic E-state index is -0.759. The van der Waals surface area contributed by atoms with E-state index < -0.39 is 5.97 Å². The van der Waals surface area contributed by atoms with Crippen LogP contribution in [0.5, 0.6) is 0 Å². The number of carbonyl (C=O) groups excluding carboxylic acids is 1. The molecule has 0 bridgehead atoms. The van der Waals surface area contributed by atoms with Crippen molar-refractivity contribution in [3.63, 3.8) is 0 Å². The van der Waals surface area contributed by atoms with Gasteiger partial charge in [0.2, 0.25) is 5.91 Å². The van der Waals surface area contributed by atoms with Crippen LogP contribution < -0.4 is 5.32 Å². The van der Waals surface area contributed by atoms with Crippen LogP contribution in [-0.2, 0) is 9.59 Å². The van der Waals surface area contributed by atoms with E-state index in [-0.39, 0.29) is 12.3 Å². The van der Waals surface area contributed by atoms with Crippen molar-refractivity contribution in [1.82, 2.24) is 10.2 Å². The number of aliphatic carboxylic acids is 1. The molecule has 0 saturated carbocycles. The first-order chi connectivity index (χ1) is 7.43. The van der Waals surface area contributed by atoms with Gasteiger partial charge in [0.1, 0.15) is 0 Å². The molecule has 0 aliphatic heterocycles. The van der Waals surface area contributed by atoms with Crippen LogP contribution in [0.3, 0.4) is 0 Å². The fraction of sp³-hybridized carbons (Fsp3) is 0.818. The summed E-state index contributed by atoms with van der Waals surface area (Å²) in [5.41, 5.74) is 0. The van der Waals surface area contributed by atoms with E-state index in [2.05, 4.69) is 24.1 Å². The summed E-state index contributed by atoms with van der Waals surface area (Å²) in [6.45, 7) is 7.74. The second-order valence-electron chi connectivity index (χ2n) is 4.11. The van der Waals surface area contributed by atoms with Gasteiger partial charge in [-0.3, -0.25) is 14.5 Å². The Labute approximate surface area is 96.8 Å². The maximum atomic E-state index is 10.7. The highest BCUT2D eigenvalue weighted by molar-refractivity contribution is 5.72. The molecule has 0 fully saturated rings. The Hall–Kier alpha value is -1.10. The summed E-state index contributed by atoms with van der Waals surface area (Å²) in [6, 6.07) is 0.363. The van der Waals surface area contributed by atoms with Crippen molar-refractivity contribution in [1.29, 1.82) is 0 Å². The molecule has 5 heteroatoms. The van der Waals surface area contributed by atoms with Crippen LogP contribution in [0.1, 0.15) is 33.6 Å². The topological polar surface area (TPSA) is 69.6 Å². The molecule has 0 aromatic heterocycles. The van der Waals surface area contributed by atoms with Crippen molar-refractivity contribution in [3.05, 3.63) is 0 Å². The molecule has 0 radical (unpaired) electrons. The fourth-order valence-corrected chi connectivity index (χ4v) is 1.44. The lowest BCUT2D eigenvalue weighted by atomic mass is 10.2. The highest BCUT2D eigenvalue weighted by Gasteiger charge is 2.09. The molecular weight excluding hydrogens is 208 g/mol. The first kappa shape index (κ1) is 14.9. The van der Waals surface area contributed by atoms with Gasteiger partial charge in [-0.05, 0) is 26.8 Å². The standard InChI is InChI=1S/C11H22N2O3/c1-9(2)13(7-4-5-11(15)16)8-6-12-10(3)14/h9H,4-8H2,1-3H3,(H,12,14)(H,15,16). The van der Waals surface area contributed by atoms with Crippen molar-refractivity contribution in [2.24, 2.45) is 0 Å². The molecule has 0 aliphatic rings. The minimum absolute atomic E-state index is 0.0331. The molecule has 2 N–H and O–H groups in total. The third-order valence-electron chi connectivity index (χ3n) is 2.34. The van der Waals surface area contributed by atoms with Crippen molar-refractivity contribution < 1.29 is 14.7 Å². The number of hydrogen-bond acceptors (Lipinski definition) is 3. The zero-order valence-corrected chi connectivity index (χ0v) is 10.3. The third-order valence-corrected chi connectivity index (χ3v) is 2.34. The second kappa shape index (κ2) is 8.10. The predicted octanol–water partition coefficient (Wildman–Crippen LogP) is 0.698. The largest absolute Gasteiger partial charge is 0.481 e. The highest BCUT2D eigenvalue weighted by atomic mass is 16.4. The Balaban J connectivity index is 3.79. The lowest BCUT2D eigenvalue weighted by molar-refractivity contribution is -0.137. The van der Waals surface area contributed by atoms with Crippen LogP contribution in [0.4, 0.5) is 0 Å². The number of nitrogens with zero attached hydrogens (tertiary/aromatic N) is 1. The summed E-state index contributed by atoms with van der Waals surface area (Å²) >= 11 is 0. The fourth-order valence-electron chi connectivity index (χ4n) is 1.44. The van der Waals surface area contributed by atoms with E-state index in [1.165, 1.54) is 6.92 Å². The van der Waals surface area contributed by atoms with Gasteiger partial charge < -0.3 is 10.4 Å². The molecule has 0 aliphatic carbocycles. The zero-order valence-electron chi connectivity index (χ0n) is 10.3. The van der Waals surface area contributed by atoms with Gasteiger partial charge in [-0.1, -0.05) is 0 Å². The van der Waals surface area contributed by atoms with Gasteiger partial charge in [0.15, 0.2) is 0 Å². The number of carbonyl (C=O) groups is 2. The van der Waals surface area contributed by atoms with Gasteiger partial charge >= 0.3 is 5.97 Å². The molecule has 0 aromatic carbocycles. The molecule has 5 nitrogen and oxygen atoms in total. The number of rotatable bonds is 8. The predicted molar refractivity (Wildman–Crippen MR) is 62.3 cm³/mol. The maximum absolute atomic E-state index is 10.7. The summed E-state index contributed by atoms with van der Waals surface area (Å²) in [6.07, 6.45) is 0.844. The molecule has 0 aromatic rings. The molecule has 0 rings (SSSR count). The highest BCUT2D eigenvalue weighted by Crippen LogP contribution is 2.01. The minimum Gasteiger partial charge on any atom is -0.481 e. The Bertz CT molecular complexity index is 209. The van der Waals surface area contributed by atoms with Gasteiger partial charge in [0.05, 0.1) is 0 Å². The Morgan fingerprint density at radius 2 is 1.94 bits per heavy atom. The summed E-state index contributed by atoms with van der Waals surface area (Å²) in [7, 11) is 0. The van der Waals surface area contributed by atoms with E-state index in [0.29, 0.717) is 19.0 Å². The molecule has 1 amide bonds. The first-order valence-electron chi connectivity index (χ1n) is 5.63. The van der Waals surface area contributed by atoms with Gasteiger partial charge in [0, 0.05) is 32.5 Å². The Morgan fingerprint density at radius 3 is 2.38 bits per heavy atom. The molecular formula is C11H22N2O3. The summed E-state index contributed by atoms with van der Waals surface area (Å²) in [5.74, 6) is -0.792. The van der Waals surface area contributed by atoms with E-state index >= 15 is 0 Å². The van der Waals surface area contributed by atoms with E-state index in [4.69, 9.17) is 5.11 Å². The van der Waals surface area contributed by atoms with Crippen LogP contribution in [0.15, 0.2) is 0 Å². The van der Waals surface area contributed by atoms with Crippen molar-refractivity contribution in [2.75, 3.05) is 19.6 Å². The monoisotopic (exact) mass is 230 g/mol. The molecule has 0 spiro atoms. The first-order valence-corrected chi connectivity index (χ1v) is 5.63. The lowest BCUT2D eigenvalue weighted by Gasteiger charge is -2.26. The summed E-state index contributed by atoms with van der Waals surface area (Å²) in [5, 5.41) is 11.3. The third kappa shape index (κ3) is 8.23. The quantitative estimate of drug-likeness (QED) is 0.644. The van der Waals surface area contributed by atoms with Crippen molar-refractivity contribution in [3.8, 4) is 0 Å². The van der Waals surface area contributed by atoms with Crippen molar-refractivity contribution >= 4 is 11.9 Å². The average molecular weight is 230 g/mol. The number of carboxylic acid groups (broad SMARTS) is 1. The van der Waals surface area contributed by atoms with Crippen LogP contribution in [0.2, 0.25) is 0 Å². The lowest BCUT2D eigenvalue weighted by Crippen LogP contribution is -2.38. The van der Waals surface area contributed by atoms with E-state index in [1.54, 1.807) is 0 Å². The molecule has 0 unspecified atom stereocenters. The molecule has 94 valence electrons. The van der Waals surface area contributed by atoms with E-state index in [1.807, 2.05) is 0 Å². The SMILES string of the molecule is CC(=O)NCCN(CCCC(=O)O)C(C)C. The van der Waals surface area contributed by atoms with Gasteiger partial charge in [-0.25, -0.2) is 0 Å². The molecule has 0 atom stereocenters. The number of carboxylic acids is 1. The van der Waals surface area contributed by atoms with E-state index in [0.717, 1.165) is 13.1 Å². The second-order valence-corrected chi connectivity index (χ2v) is 4.11. The summed E-state index contributed by atoms with van der Waals surface area (Å²) < 4.78 is 0. The van der Waals surface area contributed by atoms with Crippen LogP contribution in [0, 0.1) is 0 Å². The number of amides is 1. The van der Waals surface area contributed by atoms with Gasteiger partial charge in [-0.15, -0.1) is 0 Å². The van der Waals surface area contributed by atoms with Gasteiger partial charge in [-0.2, -0.15) is 0 Å². The van der Waals surface area contributed by atoms with E-state index in [9.17, 15) is 9.59 Å². The van der Waals surface area contributed by atoms with Crippen molar-refractivity contribution in [2.45, 2.75) is 39.7 Å². The van der Waals surface area contributed by atoms with Crippen LogP contribution in [0.25, 0.3) is 0 Å². The molecule has 0 saturated heterocycles. The summed E-state index contributed by atoms with van der Waals surface area (Å²) in [4.78, 5) is 23.2. The molecule has 0 heterocycles. The number of hydrogen-bond donors (Lipinski definition) is 2. The average Bonchev–Trinajstić information content (AvgIpc) is 2.14. The maximum Gasteiger partial charge on any atom is 0.303 e. The zero-order chi connectivity index (χ0) is 12.6. The molecule has 16 heavy (non-hydrogen) atoms.